The van der Waals surface area contributed by atoms with E-state index in [1.807, 2.05) is 48.2 Å². The lowest BCUT2D eigenvalue weighted by molar-refractivity contribution is -0.130. The predicted molar refractivity (Wildman–Crippen MR) is 173 cm³/mol. The fourth-order valence-corrected chi connectivity index (χ4v) is 5.44. The van der Waals surface area contributed by atoms with Gasteiger partial charge >= 0.3 is 0 Å². The molecule has 4 N–H and O–H groups in total. The number of anilines is 2. The molecule has 1 heterocycles. The van der Waals surface area contributed by atoms with Gasteiger partial charge in [-0.15, -0.1) is 0 Å². The number of nitrogens with one attached hydrogen (secondary N) is 2. The molecule has 4 amide bonds. The Kier molecular flexibility index (Phi) is 10.1. The van der Waals surface area contributed by atoms with Crippen LogP contribution in [-0.4, -0.2) is 59.7 Å². The Morgan fingerprint density at radius 1 is 0.956 bits per heavy atom. The lowest BCUT2D eigenvalue weighted by atomic mass is 10.0. The van der Waals surface area contributed by atoms with E-state index in [2.05, 4.69) is 10.6 Å². The summed E-state index contributed by atoms with van der Waals surface area (Å²) < 4.78 is 5.50. The van der Waals surface area contributed by atoms with Crippen LogP contribution in [0.25, 0.3) is 0 Å². The van der Waals surface area contributed by atoms with Crippen molar-refractivity contribution in [3.63, 3.8) is 0 Å². The number of benzene rings is 3. The zero-order chi connectivity index (χ0) is 31.9. The first-order chi connectivity index (χ1) is 21.7. The molecule has 10 heteroatoms. The fraction of sp³-hybridized carbons (Fsp3) is 0.371. The Balaban J connectivity index is 1.17. The summed E-state index contributed by atoms with van der Waals surface area (Å²) in [4.78, 5) is 54.2. The van der Waals surface area contributed by atoms with E-state index >= 15 is 0 Å². The number of unbranched alkanes of at least 4 members (excludes halogenated alkanes) is 2. The van der Waals surface area contributed by atoms with Crippen molar-refractivity contribution in [1.29, 1.82) is 0 Å². The first-order valence-corrected chi connectivity index (χ1v) is 15.5. The highest BCUT2D eigenvalue weighted by molar-refractivity contribution is 6.05. The van der Waals surface area contributed by atoms with Crippen LogP contribution in [0.4, 0.5) is 11.4 Å². The number of rotatable bonds is 13. The van der Waals surface area contributed by atoms with Gasteiger partial charge in [0.1, 0.15) is 5.75 Å². The van der Waals surface area contributed by atoms with Gasteiger partial charge in [-0.3, -0.25) is 19.2 Å². The minimum Gasteiger partial charge on any atom is -0.482 e. The smallest absolute Gasteiger partial charge is 0.262 e. The SMILES string of the molecule is Cc1cc(CN(C(=O)c2ccc3c(c2)OCC(=O)N3)C2CC2)ccc1C(=O)Nc1ccc(CN(C)C(=O)CCCCCN)cc1. The van der Waals surface area contributed by atoms with Gasteiger partial charge in [-0.05, 0) is 92.2 Å². The molecule has 2 aliphatic rings. The van der Waals surface area contributed by atoms with Crippen LogP contribution in [0.1, 0.15) is 75.9 Å². The summed E-state index contributed by atoms with van der Waals surface area (Å²) in [5.74, 6) is 0.0703. The Labute approximate surface area is 263 Å². The highest BCUT2D eigenvalue weighted by Gasteiger charge is 2.33. The number of aryl methyl sites for hydroxylation is 1. The molecule has 1 saturated carbocycles. The minimum atomic E-state index is -0.218. The van der Waals surface area contributed by atoms with Crippen LogP contribution in [0.15, 0.2) is 60.7 Å². The molecular formula is C35H41N5O5. The van der Waals surface area contributed by atoms with Crippen LogP contribution in [0.5, 0.6) is 5.75 Å². The van der Waals surface area contributed by atoms with Gasteiger partial charge in [0.05, 0.1) is 5.69 Å². The third-order valence-electron chi connectivity index (χ3n) is 8.15. The first kappa shape index (κ1) is 31.7. The van der Waals surface area contributed by atoms with Gasteiger partial charge in [0.15, 0.2) is 6.61 Å². The number of hydrogen-bond acceptors (Lipinski definition) is 6. The largest absolute Gasteiger partial charge is 0.482 e. The zero-order valence-electron chi connectivity index (χ0n) is 25.9. The van der Waals surface area contributed by atoms with Crippen LogP contribution in [0.2, 0.25) is 0 Å². The Morgan fingerprint density at radius 3 is 2.42 bits per heavy atom. The van der Waals surface area contributed by atoms with Crippen LogP contribution >= 0.6 is 0 Å². The van der Waals surface area contributed by atoms with Crippen LogP contribution < -0.4 is 21.1 Å². The second-order valence-corrected chi connectivity index (χ2v) is 11.9. The second-order valence-electron chi connectivity index (χ2n) is 11.9. The average molecular weight is 612 g/mol. The van der Waals surface area contributed by atoms with Gasteiger partial charge in [0.2, 0.25) is 5.91 Å². The van der Waals surface area contributed by atoms with Gasteiger partial charge in [-0.25, -0.2) is 0 Å². The van der Waals surface area contributed by atoms with E-state index in [-0.39, 0.29) is 36.3 Å². The minimum absolute atomic E-state index is 0.0716. The van der Waals surface area contributed by atoms with E-state index in [9.17, 15) is 19.2 Å². The van der Waals surface area contributed by atoms with E-state index in [1.54, 1.807) is 36.2 Å². The highest BCUT2D eigenvalue weighted by atomic mass is 16.5. The summed E-state index contributed by atoms with van der Waals surface area (Å²) in [7, 11) is 1.80. The number of nitrogens with two attached hydrogens (primary N) is 1. The summed E-state index contributed by atoms with van der Waals surface area (Å²) in [5.41, 5.74) is 10.5. The Hall–Kier alpha value is -4.70. The second kappa shape index (κ2) is 14.4. The number of amides is 4. The molecule has 1 fully saturated rings. The number of nitrogens with zero attached hydrogens (tertiary/aromatic N) is 2. The third-order valence-corrected chi connectivity index (χ3v) is 8.15. The van der Waals surface area contributed by atoms with Gasteiger partial charge in [0, 0.05) is 49.4 Å². The summed E-state index contributed by atoms with van der Waals surface area (Å²) in [6.07, 6.45) is 5.15. The van der Waals surface area contributed by atoms with E-state index in [4.69, 9.17) is 10.5 Å². The summed E-state index contributed by atoms with van der Waals surface area (Å²) in [5, 5.41) is 5.72. The summed E-state index contributed by atoms with van der Waals surface area (Å²) >= 11 is 0. The maximum Gasteiger partial charge on any atom is 0.262 e. The predicted octanol–water partition coefficient (Wildman–Crippen LogP) is 4.86. The van der Waals surface area contributed by atoms with Crippen molar-refractivity contribution in [2.45, 2.75) is 64.6 Å². The van der Waals surface area contributed by atoms with Crippen LogP contribution in [0.3, 0.4) is 0 Å². The third kappa shape index (κ3) is 8.27. The maximum absolute atomic E-state index is 13.5. The monoisotopic (exact) mass is 611 g/mol. The van der Waals surface area contributed by atoms with E-state index in [0.29, 0.717) is 54.3 Å². The normalized spacial score (nSPS) is 13.7. The number of fused-ring (bicyclic) bond motifs is 1. The van der Waals surface area contributed by atoms with E-state index in [1.165, 1.54) is 0 Å². The van der Waals surface area contributed by atoms with Crippen molar-refractivity contribution in [2.24, 2.45) is 5.73 Å². The topological polar surface area (TPSA) is 134 Å². The molecule has 5 rings (SSSR count). The van der Waals surface area contributed by atoms with E-state index < -0.39 is 0 Å². The zero-order valence-corrected chi connectivity index (χ0v) is 25.9. The molecule has 45 heavy (non-hydrogen) atoms. The van der Waals surface area contributed by atoms with Crippen molar-refractivity contribution in [1.82, 2.24) is 9.80 Å². The van der Waals surface area contributed by atoms with Crippen molar-refractivity contribution >= 4 is 35.0 Å². The highest BCUT2D eigenvalue weighted by Crippen LogP contribution is 2.33. The molecule has 0 atom stereocenters. The number of carbonyl (C=O) groups excluding carboxylic acids is 4. The summed E-state index contributed by atoms with van der Waals surface area (Å²) in [6.45, 7) is 3.40. The van der Waals surface area contributed by atoms with Crippen molar-refractivity contribution in [3.8, 4) is 5.75 Å². The molecule has 3 aromatic carbocycles. The molecule has 3 aromatic rings. The quantitative estimate of drug-likeness (QED) is 0.237. The lowest BCUT2D eigenvalue weighted by Gasteiger charge is -2.24. The van der Waals surface area contributed by atoms with Crippen LogP contribution in [-0.2, 0) is 22.7 Å². The number of ether oxygens (including phenoxy) is 1. The molecule has 0 spiro atoms. The van der Waals surface area contributed by atoms with Crippen LogP contribution in [0, 0.1) is 6.92 Å². The fourth-order valence-electron chi connectivity index (χ4n) is 5.44. The molecule has 10 nitrogen and oxygen atoms in total. The molecule has 0 unspecified atom stereocenters. The lowest BCUT2D eigenvalue weighted by Crippen LogP contribution is -2.33. The molecule has 236 valence electrons. The van der Waals surface area contributed by atoms with Gasteiger partial charge < -0.3 is 30.9 Å². The number of carbonyl (C=O) groups is 4. The maximum atomic E-state index is 13.5. The Bertz CT molecular complexity index is 1570. The van der Waals surface area contributed by atoms with Gasteiger partial charge in [-0.2, -0.15) is 0 Å². The molecule has 0 bridgehead atoms. The standard InChI is InChI=1S/C35H41N5O5/c1-23-18-25(21-40(28-13-14-28)35(44)26-10-16-30-31(19-26)45-22-32(41)38-30)9-15-29(23)34(43)37-27-11-7-24(8-12-27)20-39(2)33(42)6-4-3-5-17-36/h7-12,15-16,18-19,28H,3-6,13-14,17,20-22,36H2,1-2H3,(H,37,43)(H,38,41). The molecule has 0 saturated heterocycles. The summed E-state index contributed by atoms with van der Waals surface area (Å²) in [6, 6.07) is 18.4. The van der Waals surface area contributed by atoms with E-state index in [0.717, 1.165) is 48.8 Å². The number of hydrogen-bond donors (Lipinski definition) is 3. The van der Waals surface area contributed by atoms with Crippen molar-refractivity contribution < 1.29 is 23.9 Å². The molecule has 1 aliphatic heterocycles. The van der Waals surface area contributed by atoms with Crippen molar-refractivity contribution in [3.05, 3.63) is 88.5 Å². The Morgan fingerprint density at radius 2 is 1.71 bits per heavy atom. The van der Waals surface area contributed by atoms with Gasteiger partial charge in [-0.1, -0.05) is 30.7 Å². The molecular weight excluding hydrogens is 570 g/mol. The molecule has 0 radical (unpaired) electrons. The van der Waals surface area contributed by atoms with Gasteiger partial charge in [0.25, 0.3) is 17.7 Å². The molecule has 1 aliphatic carbocycles. The average Bonchev–Trinajstić information content (AvgIpc) is 3.88. The van der Waals surface area contributed by atoms with Crippen molar-refractivity contribution in [2.75, 3.05) is 30.8 Å². The molecule has 0 aromatic heterocycles. The first-order valence-electron chi connectivity index (χ1n) is 15.5.